The van der Waals surface area contributed by atoms with Gasteiger partial charge in [0.2, 0.25) is 11.8 Å². The Kier molecular flexibility index (Phi) is 5.40. The molecular formula is C16H16ClN5O2S. The van der Waals surface area contributed by atoms with Crippen LogP contribution in [0.5, 0.6) is 0 Å². The first kappa shape index (κ1) is 17.5. The molecule has 130 valence electrons. The molecular weight excluding hydrogens is 362 g/mol. The molecule has 1 amide bonds. The Balaban J connectivity index is 1.68. The van der Waals surface area contributed by atoms with Gasteiger partial charge in [0.05, 0.1) is 11.4 Å². The summed E-state index contributed by atoms with van der Waals surface area (Å²) in [4.78, 5) is 12.0. The van der Waals surface area contributed by atoms with Gasteiger partial charge in [-0.1, -0.05) is 28.5 Å². The van der Waals surface area contributed by atoms with Crippen molar-refractivity contribution in [3.63, 3.8) is 0 Å². The summed E-state index contributed by atoms with van der Waals surface area (Å²) in [7, 11) is 0. The number of rotatable bonds is 6. The van der Waals surface area contributed by atoms with E-state index in [0.717, 1.165) is 11.4 Å². The number of halogens is 1. The maximum atomic E-state index is 12.0. The number of hydrogen-bond donors (Lipinski definition) is 1. The number of anilines is 1. The second kappa shape index (κ2) is 7.71. The molecule has 1 aromatic carbocycles. The summed E-state index contributed by atoms with van der Waals surface area (Å²) in [6.07, 6.45) is 0. The number of hydrogen-bond acceptors (Lipinski definition) is 6. The van der Waals surface area contributed by atoms with Crippen LogP contribution in [0.3, 0.4) is 0 Å². The number of nitrogens with one attached hydrogen (secondary N) is 1. The van der Waals surface area contributed by atoms with Crippen molar-refractivity contribution in [2.45, 2.75) is 25.5 Å². The van der Waals surface area contributed by atoms with Crippen molar-refractivity contribution in [3.8, 4) is 11.4 Å². The van der Waals surface area contributed by atoms with Crippen molar-refractivity contribution in [2.75, 3.05) is 11.1 Å². The minimum Gasteiger partial charge on any atom is -0.338 e. The molecule has 0 aliphatic rings. The van der Waals surface area contributed by atoms with Crippen LogP contribution in [0.15, 0.2) is 40.0 Å². The molecule has 2 aromatic heterocycles. The van der Waals surface area contributed by atoms with Gasteiger partial charge in [0.25, 0.3) is 0 Å². The van der Waals surface area contributed by atoms with Crippen LogP contribution in [0.4, 0.5) is 5.88 Å². The standard InChI is InChI=1S/C16H16ClN5O2S/c1-3-22-15(11-4-6-12(17)7-5-11)19-20-16(22)25-9-13(23)18-14-8-10(2)21-24-14/h4-8H,3,9H2,1-2H3,(H,18,23). The molecule has 0 bridgehead atoms. The van der Waals surface area contributed by atoms with Crippen molar-refractivity contribution in [1.82, 2.24) is 19.9 Å². The SMILES string of the molecule is CCn1c(SCC(=O)Nc2cc(C)no2)nnc1-c1ccc(Cl)cc1. The van der Waals surface area contributed by atoms with Crippen LogP contribution in [-0.4, -0.2) is 31.6 Å². The Labute approximate surface area is 153 Å². The molecule has 9 heteroatoms. The molecule has 1 N–H and O–H groups in total. The lowest BCUT2D eigenvalue weighted by Crippen LogP contribution is -2.14. The highest BCUT2D eigenvalue weighted by molar-refractivity contribution is 7.99. The molecule has 0 aliphatic heterocycles. The molecule has 7 nitrogen and oxygen atoms in total. The van der Waals surface area contributed by atoms with Gasteiger partial charge >= 0.3 is 0 Å². The van der Waals surface area contributed by atoms with E-state index in [-0.39, 0.29) is 11.7 Å². The summed E-state index contributed by atoms with van der Waals surface area (Å²) in [5.74, 6) is 1.08. The van der Waals surface area contributed by atoms with E-state index in [1.54, 1.807) is 13.0 Å². The van der Waals surface area contributed by atoms with Crippen LogP contribution in [-0.2, 0) is 11.3 Å². The van der Waals surface area contributed by atoms with Gasteiger partial charge in [-0.15, -0.1) is 10.2 Å². The lowest BCUT2D eigenvalue weighted by molar-refractivity contribution is -0.113. The van der Waals surface area contributed by atoms with E-state index in [2.05, 4.69) is 20.7 Å². The molecule has 0 saturated carbocycles. The monoisotopic (exact) mass is 377 g/mol. The first-order chi connectivity index (χ1) is 12.1. The predicted molar refractivity (Wildman–Crippen MR) is 96.7 cm³/mol. The summed E-state index contributed by atoms with van der Waals surface area (Å²) in [6.45, 7) is 4.48. The zero-order valence-electron chi connectivity index (χ0n) is 13.7. The van der Waals surface area contributed by atoms with Gasteiger partial charge in [-0.05, 0) is 38.1 Å². The normalized spacial score (nSPS) is 10.8. The van der Waals surface area contributed by atoms with Gasteiger partial charge in [-0.25, -0.2) is 0 Å². The van der Waals surface area contributed by atoms with E-state index in [9.17, 15) is 4.79 Å². The Bertz CT molecular complexity index is 875. The average molecular weight is 378 g/mol. The topological polar surface area (TPSA) is 85.8 Å². The Morgan fingerprint density at radius 1 is 1.32 bits per heavy atom. The van der Waals surface area contributed by atoms with Crippen LogP contribution in [0, 0.1) is 6.92 Å². The van der Waals surface area contributed by atoms with E-state index in [0.29, 0.717) is 28.3 Å². The molecule has 0 spiro atoms. The Morgan fingerprint density at radius 3 is 2.72 bits per heavy atom. The summed E-state index contributed by atoms with van der Waals surface area (Å²) >= 11 is 7.24. The van der Waals surface area contributed by atoms with Gasteiger partial charge < -0.3 is 9.09 Å². The minimum absolute atomic E-state index is 0.193. The number of benzene rings is 1. The highest BCUT2D eigenvalue weighted by atomic mass is 35.5. The number of nitrogens with zero attached hydrogens (tertiary/aromatic N) is 4. The van der Waals surface area contributed by atoms with E-state index in [1.807, 2.05) is 35.8 Å². The first-order valence-electron chi connectivity index (χ1n) is 7.62. The van der Waals surface area contributed by atoms with Gasteiger partial charge in [0.1, 0.15) is 0 Å². The van der Waals surface area contributed by atoms with Crippen molar-refractivity contribution in [1.29, 1.82) is 0 Å². The average Bonchev–Trinajstić information content (AvgIpc) is 3.19. The maximum Gasteiger partial charge on any atom is 0.237 e. The fourth-order valence-electron chi connectivity index (χ4n) is 2.22. The van der Waals surface area contributed by atoms with Gasteiger partial charge in [0, 0.05) is 23.2 Å². The summed E-state index contributed by atoms with van der Waals surface area (Å²) < 4.78 is 6.93. The van der Waals surface area contributed by atoms with Crippen molar-refractivity contribution in [3.05, 3.63) is 41.0 Å². The summed E-state index contributed by atoms with van der Waals surface area (Å²) in [5, 5.41) is 16.2. The minimum atomic E-state index is -0.195. The van der Waals surface area contributed by atoms with Crippen LogP contribution in [0.2, 0.25) is 5.02 Å². The number of carbonyl (C=O) groups excluding carboxylic acids is 1. The highest BCUT2D eigenvalue weighted by Crippen LogP contribution is 2.25. The van der Waals surface area contributed by atoms with Crippen molar-refractivity contribution < 1.29 is 9.32 Å². The molecule has 2 heterocycles. The van der Waals surface area contributed by atoms with Crippen LogP contribution < -0.4 is 5.32 Å². The van der Waals surface area contributed by atoms with E-state index in [4.69, 9.17) is 16.1 Å². The van der Waals surface area contributed by atoms with Gasteiger partial charge in [0.15, 0.2) is 11.0 Å². The molecule has 0 atom stereocenters. The number of thioether (sulfide) groups is 1. The van der Waals surface area contributed by atoms with Gasteiger partial charge in [-0.2, -0.15) is 0 Å². The number of aromatic nitrogens is 4. The predicted octanol–water partition coefficient (Wildman–Crippen LogP) is 3.65. The van der Waals surface area contributed by atoms with Crippen LogP contribution >= 0.6 is 23.4 Å². The smallest absolute Gasteiger partial charge is 0.237 e. The zero-order valence-corrected chi connectivity index (χ0v) is 15.3. The first-order valence-corrected chi connectivity index (χ1v) is 8.98. The molecule has 0 saturated heterocycles. The third-order valence-electron chi connectivity index (χ3n) is 3.36. The highest BCUT2D eigenvalue weighted by Gasteiger charge is 2.15. The maximum absolute atomic E-state index is 12.0. The number of carbonyl (C=O) groups is 1. The zero-order chi connectivity index (χ0) is 17.8. The lowest BCUT2D eigenvalue weighted by atomic mass is 10.2. The fraction of sp³-hybridized carbons (Fsp3) is 0.250. The van der Waals surface area contributed by atoms with Crippen molar-refractivity contribution in [2.24, 2.45) is 0 Å². The molecule has 3 aromatic rings. The van der Waals surface area contributed by atoms with Crippen molar-refractivity contribution >= 4 is 35.2 Å². The van der Waals surface area contributed by atoms with Crippen LogP contribution in [0.1, 0.15) is 12.6 Å². The Hall–Kier alpha value is -2.32. The second-order valence-electron chi connectivity index (χ2n) is 5.23. The second-order valence-corrected chi connectivity index (χ2v) is 6.61. The van der Waals surface area contributed by atoms with Gasteiger partial charge in [-0.3, -0.25) is 10.1 Å². The molecule has 0 fully saturated rings. The fourth-order valence-corrected chi connectivity index (χ4v) is 3.15. The Morgan fingerprint density at radius 2 is 2.08 bits per heavy atom. The molecule has 25 heavy (non-hydrogen) atoms. The molecule has 0 radical (unpaired) electrons. The number of amides is 1. The third kappa shape index (κ3) is 4.21. The quantitative estimate of drug-likeness (QED) is 0.660. The third-order valence-corrected chi connectivity index (χ3v) is 4.58. The molecule has 3 rings (SSSR count). The lowest BCUT2D eigenvalue weighted by Gasteiger charge is -2.07. The van der Waals surface area contributed by atoms with E-state index < -0.39 is 0 Å². The molecule has 0 aliphatic carbocycles. The largest absolute Gasteiger partial charge is 0.338 e. The molecule has 0 unspecified atom stereocenters. The summed E-state index contributed by atoms with van der Waals surface area (Å²) in [5.41, 5.74) is 1.63. The summed E-state index contributed by atoms with van der Waals surface area (Å²) in [6, 6.07) is 9.07. The number of aryl methyl sites for hydroxylation is 1. The van der Waals surface area contributed by atoms with Crippen LogP contribution in [0.25, 0.3) is 11.4 Å². The van der Waals surface area contributed by atoms with E-state index in [1.165, 1.54) is 11.8 Å². The van der Waals surface area contributed by atoms with E-state index >= 15 is 0 Å².